The van der Waals surface area contributed by atoms with Crippen molar-refractivity contribution in [2.24, 2.45) is 4.99 Å². The average Bonchev–Trinajstić information content (AvgIpc) is 2.82. The van der Waals surface area contributed by atoms with E-state index in [2.05, 4.69) is 11.6 Å². The van der Waals surface area contributed by atoms with Gasteiger partial charge in [0.15, 0.2) is 5.17 Å². The van der Waals surface area contributed by atoms with Crippen LogP contribution in [0.1, 0.15) is 18.9 Å². The highest BCUT2D eigenvalue weighted by Crippen LogP contribution is 2.33. The summed E-state index contributed by atoms with van der Waals surface area (Å²) in [6.45, 7) is 7.56. The molecule has 1 saturated heterocycles. The van der Waals surface area contributed by atoms with Gasteiger partial charge in [-0.2, -0.15) is 4.31 Å². The highest BCUT2D eigenvalue weighted by atomic mass is 32.2. The number of carbonyl (C=O) groups is 1. The van der Waals surface area contributed by atoms with Gasteiger partial charge in [0.1, 0.15) is 0 Å². The number of amides is 1. The van der Waals surface area contributed by atoms with Gasteiger partial charge >= 0.3 is 0 Å². The maximum atomic E-state index is 12.8. The number of sulfonamides is 1. The van der Waals surface area contributed by atoms with Crippen molar-refractivity contribution in [1.82, 2.24) is 4.31 Å². The molecule has 2 rings (SSSR count). The Labute approximate surface area is 135 Å². The lowest BCUT2D eigenvalue weighted by Crippen LogP contribution is -2.37. The van der Waals surface area contributed by atoms with E-state index in [9.17, 15) is 13.2 Å². The molecule has 118 valence electrons. The van der Waals surface area contributed by atoms with Crippen molar-refractivity contribution in [3.8, 4) is 0 Å². The van der Waals surface area contributed by atoms with Crippen LogP contribution in [0.5, 0.6) is 0 Å². The summed E-state index contributed by atoms with van der Waals surface area (Å²) < 4.78 is 26.4. The van der Waals surface area contributed by atoms with E-state index in [1.165, 1.54) is 23.9 Å². The number of hydrogen-bond acceptors (Lipinski definition) is 5. The van der Waals surface area contributed by atoms with Gasteiger partial charge in [-0.05, 0) is 25.5 Å². The zero-order valence-electron chi connectivity index (χ0n) is 12.5. The maximum Gasteiger partial charge on any atom is 0.272 e. The summed E-state index contributed by atoms with van der Waals surface area (Å²) in [6, 6.07) is 6.43. The van der Waals surface area contributed by atoms with Crippen LogP contribution in [0.4, 0.5) is 0 Å². The van der Waals surface area contributed by atoms with Crippen LogP contribution in [-0.4, -0.2) is 35.6 Å². The van der Waals surface area contributed by atoms with Crippen molar-refractivity contribution < 1.29 is 13.2 Å². The molecule has 1 aromatic rings. The van der Waals surface area contributed by atoms with Crippen molar-refractivity contribution in [2.75, 3.05) is 6.54 Å². The normalized spacial score (nSPS) is 20.6. The van der Waals surface area contributed by atoms with Gasteiger partial charge < -0.3 is 0 Å². The molecule has 1 aliphatic heterocycles. The minimum Gasteiger partial charge on any atom is -0.272 e. The summed E-state index contributed by atoms with van der Waals surface area (Å²) in [5.41, 5.74) is 0.952. The highest BCUT2D eigenvalue weighted by molar-refractivity contribution is 8.17. The molecule has 1 heterocycles. The summed E-state index contributed by atoms with van der Waals surface area (Å²) in [5, 5.41) is -0.193. The molecule has 1 fully saturated rings. The molecule has 0 bridgehead atoms. The van der Waals surface area contributed by atoms with E-state index in [1.54, 1.807) is 18.2 Å². The number of rotatable bonds is 5. The standard InChI is InChI=1S/C15H18N2O3S2/c1-4-10-16-15-17(14(18)13(5-2)21-15)22(19,20)12-8-6-11(3)7-9-12/h4,6-9,13H,1,5,10H2,2-3H3/t13-/m1/s1. The molecule has 0 N–H and O–H groups in total. The lowest BCUT2D eigenvalue weighted by atomic mass is 10.2. The molecule has 0 saturated carbocycles. The van der Waals surface area contributed by atoms with E-state index in [0.717, 1.165) is 9.87 Å². The molecule has 1 aromatic carbocycles. The van der Waals surface area contributed by atoms with Gasteiger partial charge in [0.25, 0.3) is 15.9 Å². The van der Waals surface area contributed by atoms with Crippen LogP contribution in [0.3, 0.4) is 0 Å². The zero-order valence-corrected chi connectivity index (χ0v) is 14.2. The van der Waals surface area contributed by atoms with Gasteiger partial charge in [0.05, 0.1) is 16.7 Å². The average molecular weight is 338 g/mol. The van der Waals surface area contributed by atoms with Crippen molar-refractivity contribution in [1.29, 1.82) is 0 Å². The van der Waals surface area contributed by atoms with E-state index in [4.69, 9.17) is 0 Å². The first-order valence-corrected chi connectivity index (χ1v) is 9.21. The Kier molecular flexibility index (Phi) is 5.08. The number of benzene rings is 1. The molecule has 1 aliphatic rings. The van der Waals surface area contributed by atoms with Crippen molar-refractivity contribution >= 4 is 32.9 Å². The monoisotopic (exact) mass is 338 g/mol. The van der Waals surface area contributed by atoms with Gasteiger partial charge in [-0.15, -0.1) is 6.58 Å². The van der Waals surface area contributed by atoms with Crippen LogP contribution in [-0.2, 0) is 14.8 Å². The number of carbonyl (C=O) groups excluding carboxylic acids is 1. The summed E-state index contributed by atoms with van der Waals surface area (Å²) in [4.78, 5) is 16.7. The maximum absolute atomic E-state index is 12.8. The SMILES string of the molecule is C=CCN=C1S[C@H](CC)C(=O)N1S(=O)(=O)c1ccc(C)cc1. The minimum atomic E-state index is -3.93. The Hall–Kier alpha value is -1.60. The molecule has 0 radical (unpaired) electrons. The molecule has 1 atom stereocenters. The predicted molar refractivity (Wildman–Crippen MR) is 89.4 cm³/mol. The summed E-state index contributed by atoms with van der Waals surface area (Å²) in [6.07, 6.45) is 2.12. The summed E-state index contributed by atoms with van der Waals surface area (Å²) in [5.74, 6) is -0.434. The Morgan fingerprint density at radius 3 is 2.55 bits per heavy atom. The lowest BCUT2D eigenvalue weighted by molar-refractivity contribution is -0.122. The second-order valence-corrected chi connectivity index (χ2v) is 7.80. The van der Waals surface area contributed by atoms with E-state index < -0.39 is 21.2 Å². The van der Waals surface area contributed by atoms with Crippen LogP contribution in [0, 0.1) is 6.92 Å². The highest BCUT2D eigenvalue weighted by Gasteiger charge is 2.44. The first-order valence-electron chi connectivity index (χ1n) is 6.89. The Morgan fingerprint density at radius 1 is 1.36 bits per heavy atom. The van der Waals surface area contributed by atoms with Gasteiger partial charge in [-0.25, -0.2) is 8.42 Å². The van der Waals surface area contributed by atoms with Gasteiger partial charge in [-0.1, -0.05) is 42.5 Å². The fourth-order valence-electron chi connectivity index (χ4n) is 1.99. The zero-order chi connectivity index (χ0) is 16.3. The second-order valence-electron chi connectivity index (χ2n) is 4.85. The van der Waals surface area contributed by atoms with Crippen LogP contribution in [0.15, 0.2) is 46.8 Å². The number of thioether (sulfide) groups is 1. The fourth-order valence-corrected chi connectivity index (χ4v) is 4.76. The topological polar surface area (TPSA) is 66.8 Å². The minimum absolute atomic E-state index is 0.0927. The first kappa shape index (κ1) is 16.8. The van der Waals surface area contributed by atoms with Crippen LogP contribution < -0.4 is 0 Å². The quantitative estimate of drug-likeness (QED) is 0.774. The van der Waals surface area contributed by atoms with E-state index >= 15 is 0 Å². The fraction of sp³-hybridized carbons (Fsp3) is 0.333. The molecule has 0 aliphatic carbocycles. The summed E-state index contributed by atoms with van der Waals surface area (Å²) >= 11 is 1.19. The van der Waals surface area contributed by atoms with E-state index in [-0.39, 0.29) is 16.6 Å². The van der Waals surface area contributed by atoms with Crippen molar-refractivity contribution in [3.63, 3.8) is 0 Å². The third kappa shape index (κ3) is 3.10. The van der Waals surface area contributed by atoms with Gasteiger partial charge in [-0.3, -0.25) is 9.79 Å². The van der Waals surface area contributed by atoms with Crippen molar-refractivity contribution in [3.05, 3.63) is 42.5 Å². The Balaban J connectivity index is 2.47. The molecule has 5 nitrogen and oxygen atoms in total. The summed E-state index contributed by atoms with van der Waals surface area (Å²) in [7, 11) is -3.93. The Morgan fingerprint density at radius 2 is 2.00 bits per heavy atom. The van der Waals surface area contributed by atoms with Gasteiger partial charge in [0.2, 0.25) is 0 Å². The van der Waals surface area contributed by atoms with Crippen LogP contribution >= 0.6 is 11.8 Å². The Bertz CT molecular complexity index is 709. The number of hydrogen-bond donors (Lipinski definition) is 0. The van der Waals surface area contributed by atoms with E-state index in [0.29, 0.717) is 6.42 Å². The predicted octanol–water partition coefficient (Wildman–Crippen LogP) is 2.58. The number of nitrogens with zero attached hydrogens (tertiary/aromatic N) is 2. The molecule has 7 heteroatoms. The number of aliphatic imine (C=N–C) groups is 1. The van der Waals surface area contributed by atoms with E-state index in [1.807, 2.05) is 13.8 Å². The molecular formula is C15H18N2O3S2. The first-order chi connectivity index (χ1) is 10.4. The lowest BCUT2D eigenvalue weighted by Gasteiger charge is -2.16. The van der Waals surface area contributed by atoms with Gasteiger partial charge in [0, 0.05) is 0 Å². The molecular weight excluding hydrogens is 320 g/mol. The molecule has 0 unspecified atom stereocenters. The van der Waals surface area contributed by atoms with Crippen LogP contribution in [0.25, 0.3) is 0 Å². The molecule has 0 spiro atoms. The third-order valence-corrected chi connectivity index (χ3v) is 6.34. The van der Waals surface area contributed by atoms with Crippen molar-refractivity contribution in [2.45, 2.75) is 30.4 Å². The smallest absolute Gasteiger partial charge is 0.272 e. The number of aryl methyl sites for hydroxylation is 1. The molecule has 1 amide bonds. The second kappa shape index (κ2) is 6.66. The molecule has 0 aromatic heterocycles. The number of amidine groups is 1. The largest absolute Gasteiger partial charge is 0.272 e. The molecule has 22 heavy (non-hydrogen) atoms. The van der Waals surface area contributed by atoms with Crippen LogP contribution in [0.2, 0.25) is 0 Å². The third-order valence-electron chi connectivity index (χ3n) is 3.18.